The van der Waals surface area contributed by atoms with Crippen molar-refractivity contribution in [1.29, 1.82) is 0 Å². The van der Waals surface area contributed by atoms with Gasteiger partial charge in [-0.3, -0.25) is 0 Å². The molecular weight excluding hydrogens is 100 g/mol. The summed E-state index contributed by atoms with van der Waals surface area (Å²) >= 11 is 0. The lowest BCUT2D eigenvalue weighted by Gasteiger charge is -2.28. The quantitative estimate of drug-likeness (QED) is 0.594. The first kappa shape index (κ1) is 7.92. The van der Waals surface area contributed by atoms with Crippen LogP contribution in [-0.2, 0) is 0 Å². The van der Waals surface area contributed by atoms with E-state index in [9.17, 15) is 0 Å². The topological polar surface area (TPSA) is 49.8 Å². The van der Waals surface area contributed by atoms with Crippen LogP contribution in [0.15, 0.2) is 0 Å². The SMILES string of the molecule is CCC(C)(C[NH-])CN. The maximum Gasteiger partial charge on any atom is -0.00398 e. The molecule has 2 heteroatoms. The van der Waals surface area contributed by atoms with Gasteiger partial charge in [0.2, 0.25) is 0 Å². The molecular formula is C6H15N2-. The average Bonchev–Trinajstić information content (AvgIpc) is 1.87. The second-order valence-corrected chi connectivity index (χ2v) is 2.55. The number of rotatable bonds is 3. The molecule has 0 aromatic rings. The van der Waals surface area contributed by atoms with E-state index in [-0.39, 0.29) is 5.41 Å². The Morgan fingerprint density at radius 2 is 2.12 bits per heavy atom. The normalized spacial score (nSPS) is 18.0. The van der Waals surface area contributed by atoms with E-state index in [1.165, 1.54) is 0 Å². The first-order valence-corrected chi connectivity index (χ1v) is 3.03. The molecule has 0 heterocycles. The van der Waals surface area contributed by atoms with Gasteiger partial charge in [0.1, 0.15) is 0 Å². The lowest BCUT2D eigenvalue weighted by Crippen LogP contribution is -2.28. The van der Waals surface area contributed by atoms with Crippen molar-refractivity contribution < 1.29 is 0 Å². The van der Waals surface area contributed by atoms with E-state index >= 15 is 0 Å². The van der Waals surface area contributed by atoms with Crippen LogP contribution in [0.2, 0.25) is 0 Å². The third kappa shape index (κ3) is 1.80. The molecule has 8 heavy (non-hydrogen) atoms. The smallest absolute Gasteiger partial charge is 0.00398 e. The minimum Gasteiger partial charge on any atom is -0.677 e. The lowest BCUT2D eigenvalue weighted by molar-refractivity contribution is 0.356. The molecule has 0 amide bonds. The Kier molecular flexibility index (Phi) is 3.02. The summed E-state index contributed by atoms with van der Waals surface area (Å²) in [6.07, 6.45) is 1.01. The zero-order valence-corrected chi connectivity index (χ0v) is 5.70. The van der Waals surface area contributed by atoms with E-state index in [4.69, 9.17) is 11.5 Å². The van der Waals surface area contributed by atoms with Crippen molar-refractivity contribution in [2.45, 2.75) is 20.3 Å². The summed E-state index contributed by atoms with van der Waals surface area (Å²) in [5.74, 6) is 0. The van der Waals surface area contributed by atoms with Crippen molar-refractivity contribution in [2.24, 2.45) is 11.1 Å². The first-order chi connectivity index (χ1) is 3.68. The maximum absolute atomic E-state index is 7.08. The zero-order valence-electron chi connectivity index (χ0n) is 5.70. The number of hydrogen-bond donors (Lipinski definition) is 1. The molecule has 1 atom stereocenters. The Morgan fingerprint density at radius 1 is 1.62 bits per heavy atom. The third-order valence-electron chi connectivity index (χ3n) is 1.77. The van der Waals surface area contributed by atoms with E-state index < -0.39 is 0 Å². The molecule has 1 unspecified atom stereocenters. The van der Waals surface area contributed by atoms with Gasteiger partial charge in [-0.05, 0) is 12.0 Å². The molecule has 0 aromatic carbocycles. The van der Waals surface area contributed by atoms with Crippen molar-refractivity contribution in [3.63, 3.8) is 0 Å². The molecule has 0 rings (SSSR count). The van der Waals surface area contributed by atoms with Gasteiger partial charge >= 0.3 is 0 Å². The summed E-state index contributed by atoms with van der Waals surface area (Å²) < 4.78 is 0. The minimum absolute atomic E-state index is 0.0694. The highest BCUT2D eigenvalue weighted by molar-refractivity contribution is 4.79. The summed E-state index contributed by atoms with van der Waals surface area (Å²) in [5.41, 5.74) is 12.6. The van der Waals surface area contributed by atoms with Gasteiger partial charge in [0.05, 0.1) is 0 Å². The second kappa shape index (κ2) is 3.05. The molecule has 0 fully saturated rings. The number of nitrogens with one attached hydrogen (secondary N) is 1. The molecule has 0 aromatic heterocycles. The van der Waals surface area contributed by atoms with Crippen molar-refractivity contribution in [3.8, 4) is 0 Å². The molecule has 0 aliphatic carbocycles. The highest BCUT2D eigenvalue weighted by Gasteiger charge is 2.12. The van der Waals surface area contributed by atoms with Gasteiger partial charge in [-0.15, -0.1) is 6.54 Å². The fourth-order valence-electron chi connectivity index (χ4n) is 0.342. The van der Waals surface area contributed by atoms with Gasteiger partial charge in [-0.2, -0.15) is 0 Å². The van der Waals surface area contributed by atoms with Crippen molar-refractivity contribution in [1.82, 2.24) is 0 Å². The predicted octanol–water partition coefficient (Wildman–Crippen LogP) is 1.41. The molecule has 0 spiro atoms. The molecule has 0 aliphatic heterocycles. The lowest BCUT2D eigenvalue weighted by atomic mass is 9.88. The van der Waals surface area contributed by atoms with Crippen LogP contribution in [0.5, 0.6) is 0 Å². The van der Waals surface area contributed by atoms with Gasteiger partial charge in [-0.25, -0.2) is 0 Å². The van der Waals surface area contributed by atoms with Gasteiger partial charge < -0.3 is 11.5 Å². The van der Waals surface area contributed by atoms with Gasteiger partial charge in [0, 0.05) is 0 Å². The highest BCUT2D eigenvalue weighted by atomic mass is 14.7. The van der Waals surface area contributed by atoms with Crippen LogP contribution >= 0.6 is 0 Å². The summed E-state index contributed by atoms with van der Waals surface area (Å²) in [6.45, 7) is 5.19. The zero-order chi connectivity index (χ0) is 6.62. The minimum atomic E-state index is 0.0694. The van der Waals surface area contributed by atoms with Crippen LogP contribution in [0, 0.1) is 5.41 Å². The molecule has 0 radical (unpaired) electrons. The van der Waals surface area contributed by atoms with Crippen LogP contribution in [0.3, 0.4) is 0 Å². The van der Waals surface area contributed by atoms with E-state index in [0.29, 0.717) is 13.1 Å². The molecule has 50 valence electrons. The monoisotopic (exact) mass is 115 g/mol. The fraction of sp³-hybridized carbons (Fsp3) is 1.00. The Morgan fingerprint density at radius 3 is 2.12 bits per heavy atom. The third-order valence-corrected chi connectivity index (χ3v) is 1.77. The van der Waals surface area contributed by atoms with Crippen LogP contribution in [0.4, 0.5) is 0 Å². The summed E-state index contributed by atoms with van der Waals surface area (Å²) in [6, 6.07) is 0. The largest absolute Gasteiger partial charge is 0.677 e. The van der Waals surface area contributed by atoms with Crippen molar-refractivity contribution in [3.05, 3.63) is 5.73 Å². The van der Waals surface area contributed by atoms with Crippen molar-refractivity contribution >= 4 is 0 Å². The number of hydrogen-bond acceptors (Lipinski definition) is 1. The standard InChI is InChI=1S/C6H15N2/c1-3-6(2,4-7)5-8/h7H,3-5,8H2,1-2H3/q-1. The molecule has 0 saturated heterocycles. The van der Waals surface area contributed by atoms with Gasteiger partial charge in [0.25, 0.3) is 0 Å². The van der Waals surface area contributed by atoms with Crippen LogP contribution in [-0.4, -0.2) is 13.1 Å². The second-order valence-electron chi connectivity index (χ2n) is 2.55. The molecule has 0 aliphatic rings. The predicted molar refractivity (Wildman–Crippen MR) is 36.6 cm³/mol. The Labute approximate surface area is 51.2 Å². The van der Waals surface area contributed by atoms with Crippen molar-refractivity contribution in [2.75, 3.05) is 13.1 Å². The Bertz CT molecular complexity index is 49.3. The summed E-state index contributed by atoms with van der Waals surface area (Å²) in [4.78, 5) is 0. The highest BCUT2D eigenvalue weighted by Crippen LogP contribution is 2.18. The van der Waals surface area contributed by atoms with E-state index in [1.807, 2.05) is 6.92 Å². The fourth-order valence-corrected chi connectivity index (χ4v) is 0.342. The van der Waals surface area contributed by atoms with E-state index in [1.54, 1.807) is 0 Å². The molecule has 0 saturated carbocycles. The van der Waals surface area contributed by atoms with E-state index in [0.717, 1.165) is 6.42 Å². The number of nitrogens with two attached hydrogens (primary N) is 1. The van der Waals surface area contributed by atoms with Gasteiger partial charge in [0.15, 0.2) is 0 Å². The molecule has 0 bridgehead atoms. The van der Waals surface area contributed by atoms with Gasteiger partial charge in [-0.1, -0.05) is 20.3 Å². The Hall–Kier alpha value is -0.0800. The summed E-state index contributed by atoms with van der Waals surface area (Å²) in [5, 5.41) is 0. The van der Waals surface area contributed by atoms with E-state index in [2.05, 4.69) is 6.92 Å². The maximum atomic E-state index is 7.08. The molecule has 2 nitrogen and oxygen atoms in total. The Balaban J connectivity index is 3.58. The van der Waals surface area contributed by atoms with Crippen LogP contribution < -0.4 is 5.73 Å². The summed E-state index contributed by atoms with van der Waals surface area (Å²) in [7, 11) is 0. The van der Waals surface area contributed by atoms with Crippen LogP contribution in [0.1, 0.15) is 20.3 Å². The first-order valence-electron chi connectivity index (χ1n) is 3.03. The molecule has 3 N–H and O–H groups in total. The average molecular weight is 115 g/mol. The van der Waals surface area contributed by atoms with Crippen LogP contribution in [0.25, 0.3) is 5.73 Å².